The molecule has 0 saturated heterocycles. The fraction of sp³-hybridized carbons (Fsp3) is 0.385. The first-order chi connectivity index (χ1) is 6.77. The monoisotopic (exact) mass is 300 g/mol. The van der Waals surface area contributed by atoms with Crippen molar-refractivity contribution in [1.82, 2.24) is 0 Å². The molecule has 1 heteroatoms. The van der Waals surface area contributed by atoms with Crippen molar-refractivity contribution >= 4 is 22.6 Å². The van der Waals surface area contributed by atoms with Crippen LogP contribution >= 0.6 is 22.6 Å². The van der Waals surface area contributed by atoms with Crippen molar-refractivity contribution in [2.24, 2.45) is 5.92 Å². The van der Waals surface area contributed by atoms with Crippen LogP contribution in [0.15, 0.2) is 46.1 Å². The smallest absolute Gasteiger partial charge is 0.00220 e. The molecule has 0 saturated carbocycles. The van der Waals surface area contributed by atoms with E-state index in [4.69, 9.17) is 0 Å². The van der Waals surface area contributed by atoms with E-state index in [2.05, 4.69) is 66.5 Å². The fourth-order valence-corrected chi connectivity index (χ4v) is 2.10. The van der Waals surface area contributed by atoms with E-state index in [1.165, 1.54) is 22.0 Å². The fourth-order valence-electron chi connectivity index (χ4n) is 1.62. The van der Waals surface area contributed by atoms with Crippen LogP contribution in [0.4, 0.5) is 0 Å². The molecular formula is C13H17I. The molecule has 1 atom stereocenters. The van der Waals surface area contributed by atoms with Gasteiger partial charge in [-0.2, -0.15) is 0 Å². The highest BCUT2D eigenvalue weighted by Crippen LogP contribution is 2.29. The number of allylic oxidation sites excluding steroid dienone is 7. The molecule has 0 aromatic heterocycles. The second-order valence-corrected chi connectivity index (χ2v) is 4.88. The van der Waals surface area contributed by atoms with Gasteiger partial charge in [0, 0.05) is 5.92 Å². The first-order valence-electron chi connectivity index (χ1n) is 5.06. The molecule has 0 spiro atoms. The molecule has 0 heterocycles. The SMILES string of the molecule is C=CC(C/C(I)=C\C)C1=CC=CCC1. The zero-order valence-electron chi connectivity index (χ0n) is 8.67. The Labute approximate surface area is 101 Å². The van der Waals surface area contributed by atoms with Gasteiger partial charge in [-0.15, -0.1) is 6.58 Å². The second kappa shape index (κ2) is 6.23. The van der Waals surface area contributed by atoms with E-state index < -0.39 is 0 Å². The summed E-state index contributed by atoms with van der Waals surface area (Å²) >= 11 is 2.41. The van der Waals surface area contributed by atoms with Crippen LogP contribution in [0.3, 0.4) is 0 Å². The molecule has 76 valence electrons. The highest BCUT2D eigenvalue weighted by atomic mass is 127. The van der Waals surface area contributed by atoms with E-state index >= 15 is 0 Å². The van der Waals surface area contributed by atoms with Gasteiger partial charge < -0.3 is 0 Å². The van der Waals surface area contributed by atoms with Crippen LogP contribution < -0.4 is 0 Å². The van der Waals surface area contributed by atoms with E-state index in [0.29, 0.717) is 5.92 Å². The second-order valence-electron chi connectivity index (χ2n) is 3.49. The number of rotatable bonds is 4. The van der Waals surface area contributed by atoms with Crippen LogP contribution in [-0.2, 0) is 0 Å². The lowest BCUT2D eigenvalue weighted by molar-refractivity contribution is 0.716. The molecule has 1 aliphatic carbocycles. The molecule has 0 radical (unpaired) electrons. The highest BCUT2D eigenvalue weighted by molar-refractivity contribution is 14.1. The third-order valence-electron chi connectivity index (χ3n) is 2.53. The number of hydrogen-bond acceptors (Lipinski definition) is 0. The Kier molecular flexibility index (Phi) is 5.23. The highest BCUT2D eigenvalue weighted by Gasteiger charge is 2.11. The molecule has 0 amide bonds. The average Bonchev–Trinajstić information content (AvgIpc) is 2.26. The third-order valence-corrected chi connectivity index (χ3v) is 3.60. The van der Waals surface area contributed by atoms with Crippen molar-refractivity contribution in [1.29, 1.82) is 0 Å². The normalized spacial score (nSPS) is 19.0. The summed E-state index contributed by atoms with van der Waals surface area (Å²) in [5, 5.41) is 0. The van der Waals surface area contributed by atoms with Gasteiger partial charge in [-0.1, -0.05) is 36.0 Å². The average molecular weight is 300 g/mol. The lowest BCUT2D eigenvalue weighted by Crippen LogP contribution is -2.02. The first kappa shape index (κ1) is 11.8. The molecule has 0 fully saturated rings. The summed E-state index contributed by atoms with van der Waals surface area (Å²) in [5.74, 6) is 0.531. The molecule has 0 aromatic rings. The molecule has 0 N–H and O–H groups in total. The van der Waals surface area contributed by atoms with Gasteiger partial charge in [-0.25, -0.2) is 0 Å². The summed E-state index contributed by atoms with van der Waals surface area (Å²) in [5.41, 5.74) is 1.53. The Morgan fingerprint density at radius 2 is 2.50 bits per heavy atom. The van der Waals surface area contributed by atoms with Crippen molar-refractivity contribution in [3.05, 3.63) is 46.1 Å². The van der Waals surface area contributed by atoms with Gasteiger partial charge >= 0.3 is 0 Å². The zero-order valence-corrected chi connectivity index (χ0v) is 10.8. The molecule has 0 aliphatic heterocycles. The molecule has 0 nitrogen and oxygen atoms in total. The molecule has 0 bridgehead atoms. The number of hydrogen-bond donors (Lipinski definition) is 0. The van der Waals surface area contributed by atoms with Crippen molar-refractivity contribution < 1.29 is 0 Å². The Balaban J connectivity index is 2.66. The topological polar surface area (TPSA) is 0 Å². The Morgan fingerprint density at radius 3 is 3.00 bits per heavy atom. The molecule has 1 aliphatic rings. The lowest BCUT2D eigenvalue weighted by atomic mass is 9.89. The molecule has 1 unspecified atom stereocenters. The number of halogens is 1. The van der Waals surface area contributed by atoms with Gasteiger partial charge in [0.25, 0.3) is 0 Å². The summed E-state index contributed by atoms with van der Waals surface area (Å²) in [6.07, 6.45) is 14.4. The van der Waals surface area contributed by atoms with E-state index in [9.17, 15) is 0 Å². The zero-order chi connectivity index (χ0) is 10.4. The quantitative estimate of drug-likeness (QED) is 0.517. The van der Waals surface area contributed by atoms with E-state index in [-0.39, 0.29) is 0 Å². The van der Waals surface area contributed by atoms with Gasteiger partial charge in [0.15, 0.2) is 0 Å². The van der Waals surface area contributed by atoms with Crippen LogP contribution in [0.2, 0.25) is 0 Å². The van der Waals surface area contributed by atoms with Crippen LogP contribution in [-0.4, -0.2) is 0 Å². The minimum atomic E-state index is 0.531. The van der Waals surface area contributed by atoms with Crippen molar-refractivity contribution in [3.8, 4) is 0 Å². The molecule has 1 rings (SSSR count). The third kappa shape index (κ3) is 3.45. The molecular weight excluding hydrogens is 283 g/mol. The lowest BCUT2D eigenvalue weighted by Gasteiger charge is -2.17. The maximum absolute atomic E-state index is 3.93. The predicted molar refractivity (Wildman–Crippen MR) is 72.5 cm³/mol. The van der Waals surface area contributed by atoms with Crippen molar-refractivity contribution in [2.75, 3.05) is 0 Å². The van der Waals surface area contributed by atoms with Crippen LogP contribution in [0.1, 0.15) is 26.2 Å². The van der Waals surface area contributed by atoms with E-state index in [1.807, 2.05) is 0 Å². The van der Waals surface area contributed by atoms with E-state index in [1.54, 1.807) is 0 Å². The minimum Gasteiger partial charge on any atom is -0.102 e. The van der Waals surface area contributed by atoms with Crippen molar-refractivity contribution in [3.63, 3.8) is 0 Å². The predicted octanol–water partition coefficient (Wildman–Crippen LogP) is 4.79. The van der Waals surface area contributed by atoms with Gasteiger partial charge in [0.05, 0.1) is 0 Å². The summed E-state index contributed by atoms with van der Waals surface area (Å²) in [6, 6.07) is 0. The van der Waals surface area contributed by atoms with Gasteiger partial charge in [-0.05, 0) is 52.4 Å². The van der Waals surface area contributed by atoms with Gasteiger partial charge in [0.1, 0.15) is 0 Å². The van der Waals surface area contributed by atoms with Gasteiger partial charge in [-0.3, -0.25) is 0 Å². The largest absolute Gasteiger partial charge is 0.102 e. The Bertz CT molecular complexity index is 282. The summed E-state index contributed by atoms with van der Waals surface area (Å²) in [4.78, 5) is 0. The van der Waals surface area contributed by atoms with Crippen LogP contribution in [0.5, 0.6) is 0 Å². The van der Waals surface area contributed by atoms with Crippen molar-refractivity contribution in [2.45, 2.75) is 26.2 Å². The Morgan fingerprint density at radius 1 is 1.71 bits per heavy atom. The molecule has 0 aromatic carbocycles. The summed E-state index contributed by atoms with van der Waals surface area (Å²) in [6.45, 7) is 6.02. The summed E-state index contributed by atoms with van der Waals surface area (Å²) in [7, 11) is 0. The minimum absolute atomic E-state index is 0.531. The van der Waals surface area contributed by atoms with Crippen LogP contribution in [0, 0.1) is 5.92 Å². The van der Waals surface area contributed by atoms with Gasteiger partial charge in [0.2, 0.25) is 0 Å². The maximum atomic E-state index is 3.93. The van der Waals surface area contributed by atoms with E-state index in [0.717, 1.165) is 6.42 Å². The first-order valence-corrected chi connectivity index (χ1v) is 6.14. The van der Waals surface area contributed by atoms with Crippen LogP contribution in [0.25, 0.3) is 0 Å². The standard InChI is InChI=1S/C13H17I/c1-3-11(10-13(14)4-2)12-8-6-5-7-9-12/h3-6,8,11H,1,7,9-10H2,2H3/b13-4+. The molecule has 14 heavy (non-hydrogen) atoms. The summed E-state index contributed by atoms with van der Waals surface area (Å²) < 4.78 is 1.42. The maximum Gasteiger partial charge on any atom is 0.00220 e. The Hall–Kier alpha value is -0.310.